The molecule has 2 rings (SSSR count). The number of nitrogens with zero attached hydrogens (tertiary/aromatic N) is 1. The zero-order valence-corrected chi connectivity index (χ0v) is 10.1. The molecular formula is C13H14F2N4. The number of halogens is 2. The van der Waals surface area contributed by atoms with Gasteiger partial charge in [0, 0.05) is 17.8 Å². The zero-order valence-electron chi connectivity index (χ0n) is 10.1. The van der Waals surface area contributed by atoms with Gasteiger partial charge in [0.1, 0.15) is 17.5 Å². The molecule has 1 atom stereocenters. The summed E-state index contributed by atoms with van der Waals surface area (Å²) in [4.78, 5) is 3.88. The van der Waals surface area contributed by atoms with E-state index in [4.69, 9.17) is 11.6 Å². The zero-order chi connectivity index (χ0) is 13.8. The van der Waals surface area contributed by atoms with E-state index >= 15 is 0 Å². The van der Waals surface area contributed by atoms with E-state index in [2.05, 4.69) is 10.4 Å². The molecule has 19 heavy (non-hydrogen) atoms. The number of benzene rings is 1. The predicted molar refractivity (Wildman–Crippen MR) is 68.8 cm³/mol. The normalized spacial score (nSPS) is 12.4. The molecular weight excluding hydrogens is 250 g/mol. The summed E-state index contributed by atoms with van der Waals surface area (Å²) in [6, 6.07) is 6.39. The van der Waals surface area contributed by atoms with Crippen LogP contribution in [0.4, 0.5) is 14.6 Å². The molecule has 1 heterocycles. The maximum atomic E-state index is 13.7. The lowest BCUT2D eigenvalue weighted by Crippen LogP contribution is -2.30. The van der Waals surface area contributed by atoms with E-state index in [0.29, 0.717) is 17.8 Å². The summed E-state index contributed by atoms with van der Waals surface area (Å²) in [7, 11) is 0. The van der Waals surface area contributed by atoms with Crippen molar-refractivity contribution in [2.45, 2.75) is 12.5 Å². The molecule has 2 aromatic rings. The van der Waals surface area contributed by atoms with Crippen molar-refractivity contribution in [2.24, 2.45) is 5.84 Å². The molecule has 0 aliphatic rings. The molecule has 100 valence electrons. The lowest BCUT2D eigenvalue weighted by atomic mass is 9.99. The molecule has 5 N–H and O–H groups in total. The Bertz CT molecular complexity index is 574. The fraction of sp³-hybridized carbons (Fsp3) is 0.154. The largest absolute Gasteiger partial charge is 0.384 e. The first-order chi connectivity index (χ1) is 9.10. The highest BCUT2D eigenvalue weighted by atomic mass is 19.1. The molecule has 1 unspecified atom stereocenters. The van der Waals surface area contributed by atoms with Gasteiger partial charge in [-0.1, -0.05) is 6.07 Å². The van der Waals surface area contributed by atoms with E-state index in [9.17, 15) is 8.78 Å². The third kappa shape index (κ3) is 3.24. The Morgan fingerprint density at radius 2 is 2.00 bits per heavy atom. The molecule has 0 aliphatic carbocycles. The number of nitrogens with one attached hydrogen (secondary N) is 1. The summed E-state index contributed by atoms with van der Waals surface area (Å²) < 4.78 is 26.6. The van der Waals surface area contributed by atoms with Crippen LogP contribution in [0.2, 0.25) is 0 Å². The molecule has 1 aromatic carbocycles. The number of nitrogens with two attached hydrogens (primary N) is 2. The minimum atomic E-state index is -0.634. The van der Waals surface area contributed by atoms with Gasteiger partial charge in [0.15, 0.2) is 0 Å². The summed E-state index contributed by atoms with van der Waals surface area (Å²) in [6.45, 7) is 0. The van der Waals surface area contributed by atoms with E-state index in [0.717, 1.165) is 11.6 Å². The minimum absolute atomic E-state index is 0.305. The number of hydrazine groups is 1. The van der Waals surface area contributed by atoms with Gasteiger partial charge in [-0.25, -0.2) is 13.8 Å². The first-order valence-electron chi connectivity index (χ1n) is 5.71. The van der Waals surface area contributed by atoms with Gasteiger partial charge in [0.2, 0.25) is 0 Å². The average molecular weight is 264 g/mol. The van der Waals surface area contributed by atoms with Crippen molar-refractivity contribution >= 4 is 5.82 Å². The van der Waals surface area contributed by atoms with Crippen molar-refractivity contribution in [3.8, 4) is 0 Å². The van der Waals surface area contributed by atoms with Crippen LogP contribution in [0.1, 0.15) is 17.2 Å². The lowest BCUT2D eigenvalue weighted by molar-refractivity contribution is 0.502. The van der Waals surface area contributed by atoms with Crippen molar-refractivity contribution in [3.63, 3.8) is 0 Å². The van der Waals surface area contributed by atoms with Crippen LogP contribution < -0.4 is 17.0 Å². The van der Waals surface area contributed by atoms with Crippen LogP contribution in [0, 0.1) is 11.6 Å². The Kier molecular flexibility index (Phi) is 4.03. The van der Waals surface area contributed by atoms with Crippen LogP contribution in [0.3, 0.4) is 0 Å². The molecule has 0 radical (unpaired) electrons. The van der Waals surface area contributed by atoms with E-state index in [1.54, 1.807) is 18.3 Å². The molecule has 0 spiro atoms. The van der Waals surface area contributed by atoms with Crippen LogP contribution in [0.15, 0.2) is 36.5 Å². The van der Waals surface area contributed by atoms with Gasteiger partial charge < -0.3 is 5.73 Å². The van der Waals surface area contributed by atoms with Crippen molar-refractivity contribution in [1.82, 2.24) is 10.4 Å². The molecule has 0 saturated carbocycles. The quantitative estimate of drug-likeness (QED) is 0.580. The summed E-state index contributed by atoms with van der Waals surface area (Å²) in [5.74, 6) is 4.57. The van der Waals surface area contributed by atoms with Gasteiger partial charge in [0.05, 0.1) is 6.04 Å². The first kappa shape index (κ1) is 13.4. The number of nitrogen functional groups attached to an aromatic ring is 1. The van der Waals surface area contributed by atoms with Crippen LogP contribution in [0.25, 0.3) is 0 Å². The Balaban J connectivity index is 2.25. The number of hydrogen-bond acceptors (Lipinski definition) is 4. The van der Waals surface area contributed by atoms with E-state index < -0.39 is 17.7 Å². The molecule has 4 nitrogen and oxygen atoms in total. The van der Waals surface area contributed by atoms with Crippen molar-refractivity contribution in [3.05, 3.63) is 59.3 Å². The molecule has 0 saturated heterocycles. The average Bonchev–Trinajstić information content (AvgIpc) is 2.37. The second-order valence-corrected chi connectivity index (χ2v) is 4.18. The molecule has 0 amide bonds. The monoisotopic (exact) mass is 264 g/mol. The van der Waals surface area contributed by atoms with Gasteiger partial charge in [-0.2, -0.15) is 0 Å². The Morgan fingerprint density at radius 3 is 2.63 bits per heavy atom. The van der Waals surface area contributed by atoms with Crippen molar-refractivity contribution in [1.29, 1.82) is 0 Å². The lowest BCUT2D eigenvalue weighted by Gasteiger charge is -2.17. The van der Waals surface area contributed by atoms with E-state index in [1.807, 2.05) is 0 Å². The van der Waals surface area contributed by atoms with Crippen LogP contribution in [-0.4, -0.2) is 4.98 Å². The minimum Gasteiger partial charge on any atom is -0.384 e. The summed E-state index contributed by atoms with van der Waals surface area (Å²) in [6.07, 6.45) is 1.99. The van der Waals surface area contributed by atoms with Crippen molar-refractivity contribution < 1.29 is 8.78 Å². The summed E-state index contributed by atoms with van der Waals surface area (Å²) >= 11 is 0. The second kappa shape index (κ2) is 5.73. The van der Waals surface area contributed by atoms with Crippen LogP contribution in [-0.2, 0) is 6.42 Å². The van der Waals surface area contributed by atoms with Gasteiger partial charge in [-0.15, -0.1) is 0 Å². The topological polar surface area (TPSA) is 77.0 Å². The highest BCUT2D eigenvalue weighted by molar-refractivity contribution is 5.33. The molecule has 0 aliphatic heterocycles. The fourth-order valence-electron chi connectivity index (χ4n) is 1.90. The molecule has 1 aromatic heterocycles. The Hall–Kier alpha value is -2.05. The van der Waals surface area contributed by atoms with Crippen LogP contribution in [0.5, 0.6) is 0 Å². The van der Waals surface area contributed by atoms with Gasteiger partial charge >= 0.3 is 0 Å². The summed E-state index contributed by atoms with van der Waals surface area (Å²) in [5, 5.41) is 0. The Morgan fingerprint density at radius 1 is 1.21 bits per heavy atom. The third-order valence-electron chi connectivity index (χ3n) is 2.82. The van der Waals surface area contributed by atoms with Gasteiger partial charge in [0.25, 0.3) is 0 Å². The second-order valence-electron chi connectivity index (χ2n) is 4.18. The maximum absolute atomic E-state index is 13.7. The number of anilines is 1. The number of rotatable bonds is 4. The SMILES string of the molecule is NNC(Cc1ccnc(N)c1)c1ccc(F)cc1F. The van der Waals surface area contributed by atoms with E-state index in [1.165, 1.54) is 12.1 Å². The molecule has 0 bridgehead atoms. The molecule has 6 heteroatoms. The number of hydrogen-bond donors (Lipinski definition) is 3. The maximum Gasteiger partial charge on any atom is 0.130 e. The third-order valence-corrected chi connectivity index (χ3v) is 2.82. The van der Waals surface area contributed by atoms with Gasteiger partial charge in [-0.05, 0) is 30.2 Å². The highest BCUT2D eigenvalue weighted by Gasteiger charge is 2.15. The number of aromatic nitrogens is 1. The van der Waals surface area contributed by atoms with E-state index in [-0.39, 0.29) is 0 Å². The summed E-state index contributed by atoms with van der Waals surface area (Å²) in [5.41, 5.74) is 9.27. The number of pyridine rings is 1. The highest BCUT2D eigenvalue weighted by Crippen LogP contribution is 2.21. The van der Waals surface area contributed by atoms with Gasteiger partial charge in [-0.3, -0.25) is 11.3 Å². The Labute approximate surface area is 109 Å². The predicted octanol–water partition coefficient (Wildman–Crippen LogP) is 1.69. The van der Waals surface area contributed by atoms with Crippen LogP contribution >= 0.6 is 0 Å². The smallest absolute Gasteiger partial charge is 0.130 e. The van der Waals surface area contributed by atoms with Crippen molar-refractivity contribution in [2.75, 3.05) is 5.73 Å². The standard InChI is InChI=1S/C13H14F2N4/c14-9-1-2-10(11(15)7-9)12(19-17)5-8-3-4-18-13(16)6-8/h1-4,6-7,12,19H,5,17H2,(H2,16,18). The molecule has 0 fully saturated rings. The fourth-order valence-corrected chi connectivity index (χ4v) is 1.90. The first-order valence-corrected chi connectivity index (χ1v) is 5.71.